The van der Waals surface area contributed by atoms with Gasteiger partial charge in [0.2, 0.25) is 11.1 Å². The highest BCUT2D eigenvalue weighted by molar-refractivity contribution is 7.80. The number of benzene rings is 1. The third-order valence-electron chi connectivity index (χ3n) is 1.77. The zero-order valence-electron chi connectivity index (χ0n) is 9.04. The summed E-state index contributed by atoms with van der Waals surface area (Å²) in [5.41, 5.74) is 1.06. The molecule has 1 N–H and O–H groups in total. The van der Waals surface area contributed by atoms with Crippen molar-refractivity contribution in [2.24, 2.45) is 0 Å². The molecule has 6 heteroatoms. The van der Waals surface area contributed by atoms with Crippen molar-refractivity contribution in [3.8, 4) is 0 Å². The maximum atomic E-state index is 11.6. The summed E-state index contributed by atoms with van der Waals surface area (Å²) in [6, 6.07) is 6.99. The number of aliphatic carboxylic acids is 1. The zero-order chi connectivity index (χ0) is 12.1. The summed E-state index contributed by atoms with van der Waals surface area (Å²) in [5.74, 6) is -1.04. The van der Waals surface area contributed by atoms with Crippen molar-refractivity contribution >= 4 is 17.0 Å². The molecule has 5 nitrogen and oxygen atoms in total. The van der Waals surface area contributed by atoms with Gasteiger partial charge in [0.15, 0.2) is 0 Å². The van der Waals surface area contributed by atoms with Crippen LogP contribution < -0.4 is 0 Å². The molecular weight excluding hydrogens is 230 g/mol. The van der Waals surface area contributed by atoms with E-state index in [1.165, 1.54) is 7.05 Å². The van der Waals surface area contributed by atoms with Gasteiger partial charge in [0.05, 0.1) is 4.90 Å². The van der Waals surface area contributed by atoms with Gasteiger partial charge in [0.25, 0.3) is 0 Å². The highest BCUT2D eigenvalue weighted by Crippen LogP contribution is 2.09. The van der Waals surface area contributed by atoms with E-state index in [9.17, 15) is 9.00 Å². The summed E-state index contributed by atoms with van der Waals surface area (Å²) in [7, 11) is 1.42. The number of hydroxylamine groups is 2. The van der Waals surface area contributed by atoms with Crippen molar-refractivity contribution in [1.82, 2.24) is 5.06 Å². The van der Waals surface area contributed by atoms with E-state index in [1.807, 2.05) is 19.1 Å². The summed E-state index contributed by atoms with van der Waals surface area (Å²) < 4.78 is 16.5. The van der Waals surface area contributed by atoms with Crippen molar-refractivity contribution in [3.63, 3.8) is 0 Å². The second-order valence-electron chi connectivity index (χ2n) is 3.30. The van der Waals surface area contributed by atoms with Gasteiger partial charge in [-0.3, -0.25) is 4.79 Å². The first-order valence-corrected chi connectivity index (χ1v) is 5.66. The van der Waals surface area contributed by atoms with Crippen LogP contribution in [0, 0.1) is 6.92 Å². The predicted octanol–water partition coefficient (Wildman–Crippen LogP) is 0.966. The number of carboxylic acid groups (broad SMARTS) is 1. The molecular formula is C10H13NO4S. The van der Waals surface area contributed by atoms with Crippen LogP contribution in [0.2, 0.25) is 0 Å². The molecule has 0 radical (unpaired) electrons. The average Bonchev–Trinajstić information content (AvgIpc) is 2.16. The van der Waals surface area contributed by atoms with Gasteiger partial charge in [-0.2, -0.15) is 9.35 Å². The minimum Gasteiger partial charge on any atom is -0.480 e. The average molecular weight is 243 g/mol. The lowest BCUT2D eigenvalue weighted by Gasteiger charge is -2.12. The van der Waals surface area contributed by atoms with Gasteiger partial charge in [0, 0.05) is 7.05 Å². The number of rotatable bonds is 5. The number of carboxylic acids is 1. The number of aryl methyl sites for hydroxylation is 1. The summed E-state index contributed by atoms with van der Waals surface area (Å²) in [6.07, 6.45) is 0. The van der Waals surface area contributed by atoms with Crippen molar-refractivity contribution in [3.05, 3.63) is 29.8 Å². The van der Waals surface area contributed by atoms with Crippen LogP contribution >= 0.6 is 0 Å². The standard InChI is InChI=1S/C10H13NO4S/c1-8-3-5-9(6-4-8)16(14)15-11(2)7-10(12)13/h3-6H,7H2,1-2H3,(H,12,13). The van der Waals surface area contributed by atoms with E-state index in [0.29, 0.717) is 4.90 Å². The lowest BCUT2D eigenvalue weighted by molar-refractivity contribution is -0.144. The topological polar surface area (TPSA) is 66.8 Å². The maximum absolute atomic E-state index is 11.6. The van der Waals surface area contributed by atoms with Gasteiger partial charge in [-0.15, -0.1) is 0 Å². The molecule has 0 saturated carbocycles. The molecule has 0 fully saturated rings. The molecule has 0 aromatic heterocycles. The Morgan fingerprint density at radius 3 is 2.50 bits per heavy atom. The van der Waals surface area contributed by atoms with E-state index in [4.69, 9.17) is 9.39 Å². The molecule has 0 amide bonds. The fourth-order valence-corrected chi connectivity index (χ4v) is 1.75. The SMILES string of the molecule is Cc1ccc(S(=O)ON(C)CC(=O)O)cc1. The molecule has 0 aliphatic carbocycles. The highest BCUT2D eigenvalue weighted by Gasteiger charge is 2.11. The number of hydrogen-bond donors (Lipinski definition) is 1. The van der Waals surface area contributed by atoms with E-state index in [0.717, 1.165) is 10.6 Å². The predicted molar refractivity (Wildman–Crippen MR) is 58.9 cm³/mol. The fourth-order valence-electron chi connectivity index (χ4n) is 1.02. The van der Waals surface area contributed by atoms with Crippen LogP contribution in [-0.4, -0.2) is 33.9 Å². The Morgan fingerprint density at radius 2 is 2.00 bits per heavy atom. The van der Waals surface area contributed by atoms with Gasteiger partial charge >= 0.3 is 5.97 Å². The molecule has 0 spiro atoms. The summed E-state index contributed by atoms with van der Waals surface area (Å²) >= 11 is -1.68. The minimum atomic E-state index is -1.68. The smallest absolute Gasteiger partial charge is 0.320 e. The first-order valence-electron chi connectivity index (χ1n) is 4.59. The van der Waals surface area contributed by atoms with Gasteiger partial charge < -0.3 is 5.11 Å². The quantitative estimate of drug-likeness (QED) is 0.780. The molecule has 0 bridgehead atoms. The summed E-state index contributed by atoms with van der Waals surface area (Å²) in [5, 5.41) is 9.51. The normalized spacial score (nSPS) is 12.7. The molecule has 0 saturated heterocycles. The Labute approximate surface area is 96.3 Å². The maximum Gasteiger partial charge on any atom is 0.320 e. The number of hydrogen-bond acceptors (Lipinski definition) is 4. The van der Waals surface area contributed by atoms with E-state index in [1.54, 1.807) is 12.1 Å². The fraction of sp³-hybridized carbons (Fsp3) is 0.300. The molecule has 88 valence electrons. The molecule has 1 aromatic rings. The number of likely N-dealkylation sites (N-methyl/N-ethyl adjacent to an activating group) is 1. The summed E-state index contributed by atoms with van der Waals surface area (Å²) in [4.78, 5) is 10.9. The van der Waals surface area contributed by atoms with E-state index < -0.39 is 17.0 Å². The van der Waals surface area contributed by atoms with Gasteiger partial charge in [-0.05, 0) is 19.1 Å². The van der Waals surface area contributed by atoms with Crippen LogP contribution in [0.4, 0.5) is 0 Å². The Morgan fingerprint density at radius 1 is 1.44 bits per heavy atom. The third-order valence-corrected chi connectivity index (χ3v) is 2.81. The highest BCUT2D eigenvalue weighted by atomic mass is 32.2. The molecule has 1 atom stereocenters. The first kappa shape index (κ1) is 12.8. The lowest BCUT2D eigenvalue weighted by Crippen LogP contribution is -2.26. The van der Waals surface area contributed by atoms with Crippen LogP contribution in [0.3, 0.4) is 0 Å². The van der Waals surface area contributed by atoms with Crippen molar-refractivity contribution in [2.45, 2.75) is 11.8 Å². The van der Waals surface area contributed by atoms with Crippen LogP contribution in [0.15, 0.2) is 29.2 Å². The zero-order valence-corrected chi connectivity index (χ0v) is 9.86. The second kappa shape index (κ2) is 5.74. The molecule has 0 heterocycles. The van der Waals surface area contributed by atoms with E-state index in [-0.39, 0.29) is 6.54 Å². The number of carbonyl (C=O) groups is 1. The Bertz CT molecular complexity index is 390. The third kappa shape index (κ3) is 4.09. The lowest BCUT2D eigenvalue weighted by atomic mass is 10.2. The Kier molecular flexibility index (Phi) is 4.60. The molecule has 0 aliphatic heterocycles. The minimum absolute atomic E-state index is 0.322. The van der Waals surface area contributed by atoms with E-state index in [2.05, 4.69) is 0 Å². The van der Waals surface area contributed by atoms with Crippen molar-refractivity contribution in [1.29, 1.82) is 0 Å². The molecule has 1 unspecified atom stereocenters. The first-order chi connectivity index (χ1) is 7.49. The largest absolute Gasteiger partial charge is 0.480 e. The number of nitrogens with zero attached hydrogens (tertiary/aromatic N) is 1. The molecule has 0 aliphatic rings. The summed E-state index contributed by atoms with van der Waals surface area (Å²) in [6.45, 7) is 1.60. The van der Waals surface area contributed by atoms with Crippen LogP contribution in [-0.2, 0) is 20.2 Å². The van der Waals surface area contributed by atoms with Crippen LogP contribution in [0.1, 0.15) is 5.56 Å². The van der Waals surface area contributed by atoms with Crippen molar-refractivity contribution in [2.75, 3.05) is 13.6 Å². The molecule has 16 heavy (non-hydrogen) atoms. The molecule has 1 rings (SSSR count). The van der Waals surface area contributed by atoms with Gasteiger partial charge in [-0.25, -0.2) is 4.21 Å². The second-order valence-corrected chi connectivity index (χ2v) is 4.39. The van der Waals surface area contributed by atoms with Gasteiger partial charge in [0.1, 0.15) is 6.54 Å². The monoisotopic (exact) mass is 243 g/mol. The van der Waals surface area contributed by atoms with Crippen LogP contribution in [0.25, 0.3) is 0 Å². The Balaban J connectivity index is 2.58. The van der Waals surface area contributed by atoms with Crippen molar-refractivity contribution < 1.29 is 18.4 Å². The molecule has 1 aromatic carbocycles. The van der Waals surface area contributed by atoms with E-state index >= 15 is 0 Å². The van der Waals surface area contributed by atoms with Crippen LogP contribution in [0.5, 0.6) is 0 Å². The Hall–Kier alpha value is -1.24. The van der Waals surface area contributed by atoms with Gasteiger partial charge in [-0.1, -0.05) is 17.7 Å².